The molecule has 0 aliphatic carbocycles. The molecule has 0 fully saturated rings. The summed E-state index contributed by atoms with van der Waals surface area (Å²) in [6.45, 7) is -0.588. The Kier molecular flexibility index (Phi) is 6.66. The maximum absolute atomic E-state index is 12.0. The normalized spacial score (nSPS) is 12.7. The third-order valence-electron chi connectivity index (χ3n) is 2.34. The molecule has 0 bridgehead atoms. The molecule has 4 nitrogen and oxygen atoms in total. The van der Waals surface area contributed by atoms with Crippen LogP contribution in [0.1, 0.15) is 12.5 Å². The van der Waals surface area contributed by atoms with Gasteiger partial charge in [-0.1, -0.05) is 12.1 Å². The van der Waals surface area contributed by atoms with Crippen molar-refractivity contribution in [1.82, 2.24) is 5.32 Å². The first-order chi connectivity index (χ1) is 9.51. The standard InChI is InChI=1S/C14H17F2NO3/c1-10(9-19-2)17-13(18)8-5-11-3-6-12(7-4-11)20-14(15)16/h3-8,10,14H,9H2,1-2H3,(H,17,18)/b8-5+. The Hall–Kier alpha value is -1.95. The first-order valence-corrected chi connectivity index (χ1v) is 6.03. The summed E-state index contributed by atoms with van der Waals surface area (Å²) in [5.41, 5.74) is 0.709. The highest BCUT2D eigenvalue weighted by atomic mass is 19.3. The second-order valence-corrected chi connectivity index (χ2v) is 4.15. The predicted octanol–water partition coefficient (Wildman–Crippen LogP) is 2.45. The van der Waals surface area contributed by atoms with Crippen molar-refractivity contribution in [3.05, 3.63) is 35.9 Å². The third kappa shape index (κ3) is 6.29. The molecule has 1 N–H and O–H groups in total. The summed E-state index contributed by atoms with van der Waals surface area (Å²) in [6.07, 6.45) is 2.95. The fourth-order valence-corrected chi connectivity index (χ4v) is 1.51. The van der Waals surface area contributed by atoms with E-state index in [0.29, 0.717) is 12.2 Å². The zero-order valence-corrected chi connectivity index (χ0v) is 11.3. The van der Waals surface area contributed by atoms with E-state index in [1.54, 1.807) is 25.3 Å². The molecule has 0 saturated carbocycles. The Morgan fingerprint density at radius 2 is 2.00 bits per heavy atom. The van der Waals surface area contributed by atoms with Crippen molar-refractivity contribution in [1.29, 1.82) is 0 Å². The number of benzene rings is 1. The van der Waals surface area contributed by atoms with E-state index in [4.69, 9.17) is 4.74 Å². The number of alkyl halides is 2. The third-order valence-corrected chi connectivity index (χ3v) is 2.34. The molecule has 0 aromatic heterocycles. The number of amides is 1. The van der Waals surface area contributed by atoms with Crippen LogP contribution in [0.5, 0.6) is 5.75 Å². The zero-order chi connectivity index (χ0) is 15.0. The topological polar surface area (TPSA) is 47.6 Å². The van der Waals surface area contributed by atoms with Gasteiger partial charge in [-0.2, -0.15) is 8.78 Å². The molecule has 1 rings (SSSR count). The first-order valence-electron chi connectivity index (χ1n) is 6.03. The fraction of sp³-hybridized carbons (Fsp3) is 0.357. The van der Waals surface area contributed by atoms with Crippen LogP contribution in [0.2, 0.25) is 0 Å². The number of hydrogen-bond donors (Lipinski definition) is 1. The fourth-order valence-electron chi connectivity index (χ4n) is 1.51. The van der Waals surface area contributed by atoms with Gasteiger partial charge in [-0.05, 0) is 30.7 Å². The van der Waals surface area contributed by atoms with Crippen LogP contribution in [-0.2, 0) is 9.53 Å². The van der Waals surface area contributed by atoms with Gasteiger partial charge in [-0.15, -0.1) is 0 Å². The van der Waals surface area contributed by atoms with Gasteiger partial charge in [0.2, 0.25) is 5.91 Å². The number of methoxy groups -OCH3 is 1. The molecule has 1 unspecified atom stereocenters. The second-order valence-electron chi connectivity index (χ2n) is 4.15. The summed E-state index contributed by atoms with van der Waals surface area (Å²) in [6, 6.07) is 5.91. The quantitative estimate of drug-likeness (QED) is 0.783. The lowest BCUT2D eigenvalue weighted by molar-refractivity contribution is -0.117. The number of halogens is 2. The number of hydrogen-bond acceptors (Lipinski definition) is 3. The number of nitrogens with one attached hydrogen (secondary N) is 1. The predicted molar refractivity (Wildman–Crippen MR) is 71.6 cm³/mol. The lowest BCUT2D eigenvalue weighted by Gasteiger charge is -2.10. The molecule has 0 heterocycles. The Labute approximate surface area is 116 Å². The average molecular weight is 285 g/mol. The number of carbonyl (C=O) groups excluding carboxylic acids is 1. The maximum Gasteiger partial charge on any atom is 0.387 e. The highest BCUT2D eigenvalue weighted by Crippen LogP contribution is 2.15. The Bertz CT molecular complexity index is 446. The van der Waals surface area contributed by atoms with Gasteiger partial charge in [0.25, 0.3) is 0 Å². The Morgan fingerprint density at radius 1 is 1.35 bits per heavy atom. The zero-order valence-electron chi connectivity index (χ0n) is 11.3. The minimum absolute atomic E-state index is 0.0790. The molecule has 1 amide bonds. The van der Waals surface area contributed by atoms with E-state index in [-0.39, 0.29) is 17.7 Å². The summed E-state index contributed by atoms with van der Waals surface area (Å²) in [5, 5.41) is 2.71. The first kappa shape index (κ1) is 16.1. The van der Waals surface area contributed by atoms with Gasteiger partial charge in [-0.3, -0.25) is 4.79 Å². The largest absolute Gasteiger partial charge is 0.435 e. The van der Waals surface area contributed by atoms with Gasteiger partial charge in [0.15, 0.2) is 0 Å². The van der Waals surface area contributed by atoms with Gasteiger partial charge in [0, 0.05) is 19.2 Å². The molecule has 0 aliphatic rings. The van der Waals surface area contributed by atoms with Crippen LogP contribution < -0.4 is 10.1 Å². The van der Waals surface area contributed by atoms with E-state index in [1.807, 2.05) is 6.92 Å². The lowest BCUT2D eigenvalue weighted by Crippen LogP contribution is -2.34. The summed E-state index contributed by atoms with van der Waals surface area (Å²) in [5.74, 6) is -0.169. The summed E-state index contributed by atoms with van der Waals surface area (Å²) in [4.78, 5) is 11.5. The van der Waals surface area contributed by atoms with Crippen molar-refractivity contribution in [2.24, 2.45) is 0 Å². The highest BCUT2D eigenvalue weighted by Gasteiger charge is 2.04. The molecule has 1 aromatic rings. The highest BCUT2D eigenvalue weighted by molar-refractivity contribution is 5.91. The van der Waals surface area contributed by atoms with Crippen molar-refractivity contribution in [2.75, 3.05) is 13.7 Å². The number of ether oxygens (including phenoxy) is 2. The van der Waals surface area contributed by atoms with Gasteiger partial charge in [0.05, 0.1) is 6.61 Å². The van der Waals surface area contributed by atoms with E-state index in [1.165, 1.54) is 18.2 Å². The summed E-state index contributed by atoms with van der Waals surface area (Å²) < 4.78 is 33.0. The van der Waals surface area contributed by atoms with Gasteiger partial charge in [-0.25, -0.2) is 0 Å². The number of carbonyl (C=O) groups is 1. The van der Waals surface area contributed by atoms with Crippen LogP contribution in [0, 0.1) is 0 Å². The van der Waals surface area contributed by atoms with Crippen molar-refractivity contribution in [2.45, 2.75) is 19.6 Å². The molecule has 0 aliphatic heterocycles. The average Bonchev–Trinajstić information content (AvgIpc) is 2.37. The van der Waals surface area contributed by atoms with Crippen molar-refractivity contribution < 1.29 is 23.0 Å². The van der Waals surface area contributed by atoms with Crippen LogP contribution in [0.3, 0.4) is 0 Å². The van der Waals surface area contributed by atoms with Crippen LogP contribution in [0.25, 0.3) is 6.08 Å². The molecule has 0 saturated heterocycles. The minimum atomic E-state index is -2.84. The van der Waals surface area contributed by atoms with Crippen LogP contribution in [-0.4, -0.2) is 32.3 Å². The van der Waals surface area contributed by atoms with Crippen molar-refractivity contribution in [3.63, 3.8) is 0 Å². The van der Waals surface area contributed by atoms with E-state index in [2.05, 4.69) is 10.1 Å². The van der Waals surface area contributed by atoms with E-state index >= 15 is 0 Å². The van der Waals surface area contributed by atoms with Crippen LogP contribution in [0.15, 0.2) is 30.3 Å². The second kappa shape index (κ2) is 8.27. The molecule has 6 heteroatoms. The van der Waals surface area contributed by atoms with E-state index in [9.17, 15) is 13.6 Å². The van der Waals surface area contributed by atoms with Gasteiger partial charge >= 0.3 is 6.61 Å². The SMILES string of the molecule is COCC(C)NC(=O)/C=C/c1ccc(OC(F)F)cc1. The van der Waals surface area contributed by atoms with Crippen molar-refractivity contribution in [3.8, 4) is 5.75 Å². The molecule has 110 valence electrons. The smallest absolute Gasteiger partial charge is 0.387 e. The van der Waals surface area contributed by atoms with E-state index < -0.39 is 6.61 Å². The molecule has 1 atom stereocenters. The molecule has 20 heavy (non-hydrogen) atoms. The number of rotatable bonds is 7. The van der Waals surface area contributed by atoms with Crippen LogP contribution in [0.4, 0.5) is 8.78 Å². The monoisotopic (exact) mass is 285 g/mol. The van der Waals surface area contributed by atoms with Crippen molar-refractivity contribution >= 4 is 12.0 Å². The summed E-state index contributed by atoms with van der Waals surface area (Å²) in [7, 11) is 1.56. The molecule has 0 radical (unpaired) electrons. The van der Waals surface area contributed by atoms with E-state index in [0.717, 1.165) is 0 Å². The maximum atomic E-state index is 12.0. The molecule has 1 aromatic carbocycles. The van der Waals surface area contributed by atoms with Crippen LogP contribution >= 0.6 is 0 Å². The lowest BCUT2D eigenvalue weighted by atomic mass is 10.2. The summed E-state index contributed by atoms with van der Waals surface area (Å²) >= 11 is 0. The van der Waals surface area contributed by atoms with Gasteiger partial charge in [0.1, 0.15) is 5.75 Å². The molecule has 0 spiro atoms. The minimum Gasteiger partial charge on any atom is -0.435 e. The molecular weight excluding hydrogens is 268 g/mol. The Morgan fingerprint density at radius 3 is 2.55 bits per heavy atom. The van der Waals surface area contributed by atoms with Gasteiger partial charge < -0.3 is 14.8 Å². The Balaban J connectivity index is 2.51. The molecular formula is C14H17F2NO3.